The molecule has 1 aliphatic rings. The van der Waals surface area contributed by atoms with Crippen molar-refractivity contribution < 1.29 is 13.6 Å². The summed E-state index contributed by atoms with van der Waals surface area (Å²) in [6, 6.07) is 7.62. The first-order valence-electron chi connectivity index (χ1n) is 17.0. The van der Waals surface area contributed by atoms with E-state index in [1.807, 2.05) is 69.4 Å². The molecule has 2 heterocycles. The molecule has 1 aromatic carbocycles. The van der Waals surface area contributed by atoms with E-state index >= 15 is 0 Å². The third-order valence-electron chi connectivity index (χ3n) is 6.77. The lowest BCUT2D eigenvalue weighted by Gasteiger charge is -2.36. The summed E-state index contributed by atoms with van der Waals surface area (Å²) in [5.74, 6) is 0.331. The molecule has 2 aromatic rings. The van der Waals surface area contributed by atoms with E-state index < -0.39 is 0 Å². The maximum atomic E-state index is 13.0. The Morgan fingerprint density at radius 2 is 1.71 bits per heavy atom. The van der Waals surface area contributed by atoms with Crippen LogP contribution in [0.2, 0.25) is 0 Å². The number of rotatable bonds is 13. The van der Waals surface area contributed by atoms with Gasteiger partial charge in [0.25, 0.3) is 0 Å². The maximum absolute atomic E-state index is 13.0. The largest absolute Gasteiger partial charge is 0.339 e. The van der Waals surface area contributed by atoms with E-state index in [0.717, 1.165) is 30.6 Å². The van der Waals surface area contributed by atoms with Crippen molar-refractivity contribution in [2.24, 2.45) is 10.9 Å². The van der Waals surface area contributed by atoms with Crippen LogP contribution in [0, 0.1) is 24.6 Å². The predicted molar refractivity (Wildman–Crippen MR) is 204 cm³/mol. The molecule has 0 radical (unpaired) electrons. The van der Waals surface area contributed by atoms with Crippen molar-refractivity contribution in [2.75, 3.05) is 39.3 Å². The number of allylic oxidation sites excluding steroid dienone is 6. The number of benzene rings is 1. The lowest BCUT2D eigenvalue weighted by Crippen LogP contribution is -2.53. The van der Waals surface area contributed by atoms with Crippen LogP contribution in [0.4, 0.5) is 8.78 Å². The zero-order valence-corrected chi connectivity index (χ0v) is 30.8. The van der Waals surface area contributed by atoms with Gasteiger partial charge in [-0.05, 0) is 50.0 Å². The fourth-order valence-corrected chi connectivity index (χ4v) is 4.21. The summed E-state index contributed by atoms with van der Waals surface area (Å²) in [7, 11) is 0. The van der Waals surface area contributed by atoms with E-state index in [4.69, 9.17) is 4.99 Å². The van der Waals surface area contributed by atoms with Gasteiger partial charge in [-0.3, -0.25) is 25.0 Å². The van der Waals surface area contributed by atoms with Gasteiger partial charge in [-0.15, -0.1) is 12.8 Å². The molecule has 0 spiro atoms. The van der Waals surface area contributed by atoms with Crippen LogP contribution < -0.4 is 10.8 Å². The third-order valence-corrected chi connectivity index (χ3v) is 6.77. The minimum atomic E-state index is -0.320. The van der Waals surface area contributed by atoms with E-state index in [-0.39, 0.29) is 17.8 Å². The highest BCUT2D eigenvalue weighted by Gasteiger charge is 2.24. The molecular formula is C40H60F2N6O. The zero-order chi connectivity index (χ0) is 37.3. The molecule has 9 heteroatoms. The highest BCUT2D eigenvalue weighted by atomic mass is 19.1. The van der Waals surface area contributed by atoms with Crippen molar-refractivity contribution in [1.82, 2.24) is 24.7 Å². The van der Waals surface area contributed by atoms with Crippen molar-refractivity contribution >= 4 is 5.91 Å². The van der Waals surface area contributed by atoms with Gasteiger partial charge in [0.1, 0.15) is 11.3 Å². The number of aromatic nitrogens is 2. The zero-order valence-electron chi connectivity index (χ0n) is 30.8. The van der Waals surface area contributed by atoms with Crippen molar-refractivity contribution in [2.45, 2.75) is 67.6 Å². The average molecular weight is 679 g/mol. The van der Waals surface area contributed by atoms with Crippen LogP contribution >= 0.6 is 0 Å². The number of hydrogen-bond donors (Lipinski definition) is 1. The number of halogens is 2. The van der Waals surface area contributed by atoms with E-state index in [9.17, 15) is 13.6 Å². The van der Waals surface area contributed by atoms with Gasteiger partial charge in [-0.25, -0.2) is 8.78 Å². The monoisotopic (exact) mass is 678 g/mol. The lowest BCUT2D eigenvalue weighted by atomic mass is 10.1. The number of carbonyl (C=O) groups excluding carboxylic acids is 1. The summed E-state index contributed by atoms with van der Waals surface area (Å²) in [5, 5.41) is 3.33. The lowest BCUT2D eigenvalue weighted by molar-refractivity contribution is -0.134. The highest BCUT2D eigenvalue weighted by Crippen LogP contribution is 2.08. The number of nitrogens with one attached hydrogen (secondary N) is 1. The molecule has 270 valence electrons. The first kappa shape index (κ1) is 46.7. The SMILES string of the molecule is C#C.C=C/C(=C\C=C\F)CN1CCN(C(=O)C(C)NCn2ccncc2=NCC(C)C/C=C\C=C/C)CC1.CC.CC.Fc1ccccc1. The Bertz CT molecular complexity index is 1320. The molecule has 1 aliphatic heterocycles. The number of hydrogen-bond acceptors (Lipinski definition) is 5. The fraction of sp³-hybridized carbons (Fsp3) is 0.425. The Morgan fingerprint density at radius 1 is 1.06 bits per heavy atom. The summed E-state index contributed by atoms with van der Waals surface area (Å²) < 4.78 is 26.2. The van der Waals surface area contributed by atoms with Gasteiger partial charge < -0.3 is 9.47 Å². The second-order valence-electron chi connectivity index (χ2n) is 10.3. The number of nitrogens with zero attached hydrogens (tertiary/aromatic N) is 5. The van der Waals surface area contributed by atoms with E-state index in [0.29, 0.717) is 45.1 Å². The summed E-state index contributed by atoms with van der Waals surface area (Å²) in [5.41, 5.74) is 1.74. The summed E-state index contributed by atoms with van der Waals surface area (Å²) in [4.78, 5) is 26.1. The Hall–Kier alpha value is -4.39. The van der Waals surface area contributed by atoms with Crippen LogP contribution in [-0.2, 0) is 11.5 Å². The van der Waals surface area contributed by atoms with Gasteiger partial charge in [0.15, 0.2) is 0 Å². The quantitative estimate of drug-likeness (QED) is 0.174. The Morgan fingerprint density at radius 3 is 2.27 bits per heavy atom. The van der Waals surface area contributed by atoms with Gasteiger partial charge in [0.05, 0.1) is 25.2 Å². The molecule has 0 aliphatic carbocycles. The molecule has 0 saturated carbocycles. The predicted octanol–water partition coefficient (Wildman–Crippen LogP) is 7.75. The molecule has 49 heavy (non-hydrogen) atoms. The Balaban J connectivity index is 0. The van der Waals surface area contributed by atoms with Gasteiger partial charge in [0.2, 0.25) is 5.91 Å². The maximum Gasteiger partial charge on any atom is 0.239 e. The van der Waals surface area contributed by atoms with Gasteiger partial charge in [-0.1, -0.05) is 95.9 Å². The smallest absolute Gasteiger partial charge is 0.239 e. The average Bonchev–Trinajstić information content (AvgIpc) is 3.16. The normalized spacial score (nSPS) is 14.7. The van der Waals surface area contributed by atoms with E-state index in [1.165, 1.54) is 18.2 Å². The number of piperazine rings is 1. The minimum absolute atomic E-state index is 0.0872. The topological polar surface area (TPSA) is 65.8 Å². The molecule has 1 amide bonds. The molecule has 0 bridgehead atoms. The third kappa shape index (κ3) is 22.0. The van der Waals surface area contributed by atoms with Crippen LogP contribution in [0.15, 0.2) is 115 Å². The summed E-state index contributed by atoms with van der Waals surface area (Å²) in [6.45, 7) is 22.6. The van der Waals surface area contributed by atoms with Gasteiger partial charge >= 0.3 is 0 Å². The minimum Gasteiger partial charge on any atom is -0.339 e. The van der Waals surface area contributed by atoms with Gasteiger partial charge in [0, 0.05) is 51.7 Å². The van der Waals surface area contributed by atoms with Crippen molar-refractivity contribution in [1.29, 1.82) is 0 Å². The van der Waals surface area contributed by atoms with Gasteiger partial charge in [-0.2, -0.15) is 0 Å². The molecule has 7 nitrogen and oxygen atoms in total. The first-order chi connectivity index (χ1) is 23.9. The molecule has 1 fully saturated rings. The van der Waals surface area contributed by atoms with E-state index in [2.05, 4.69) is 53.7 Å². The molecule has 1 N–H and O–H groups in total. The molecule has 2 atom stereocenters. The highest BCUT2D eigenvalue weighted by molar-refractivity contribution is 5.81. The standard InChI is InChI=1S/C28H41FN6O.C6H5F.2C2H6.C2H2/c1-5-7-8-9-11-24(3)20-31-27-21-30-14-15-35(27)23-32-25(4)28(36)34-18-16-33(17-19-34)22-26(6-2)12-10-13-29;7-6-4-2-1-3-5-6;3*1-2/h5-10,12-15,21,24-25,32H,2,11,16-20,22-23H2,1,3-4H3;1-5H;2*1-2H3;1-2H/b7-5-,9-8-,13-10+,26-12+,31-27?;;;;. The first-order valence-corrected chi connectivity index (χ1v) is 17.0. The molecule has 1 saturated heterocycles. The number of carbonyl (C=O) groups is 1. The Kier molecular flexibility index (Phi) is 30.7. The molecule has 3 rings (SSSR count). The fourth-order valence-electron chi connectivity index (χ4n) is 4.21. The number of amides is 1. The van der Waals surface area contributed by atoms with Crippen LogP contribution in [0.25, 0.3) is 0 Å². The van der Waals surface area contributed by atoms with Crippen LogP contribution in [0.5, 0.6) is 0 Å². The Labute approximate surface area is 295 Å². The summed E-state index contributed by atoms with van der Waals surface area (Å²) >= 11 is 0. The van der Waals surface area contributed by atoms with Crippen molar-refractivity contribution in [3.8, 4) is 12.8 Å². The second-order valence-corrected chi connectivity index (χ2v) is 10.3. The molecule has 2 unspecified atom stereocenters. The van der Waals surface area contributed by atoms with Crippen LogP contribution in [-0.4, -0.2) is 70.6 Å². The number of terminal acetylenes is 1. The van der Waals surface area contributed by atoms with Crippen LogP contribution in [0.3, 0.4) is 0 Å². The summed E-state index contributed by atoms with van der Waals surface area (Å²) in [6.07, 6.45) is 27.9. The van der Waals surface area contributed by atoms with Crippen molar-refractivity contribution in [3.63, 3.8) is 0 Å². The molecule has 1 aromatic heterocycles. The van der Waals surface area contributed by atoms with E-state index in [1.54, 1.807) is 42.7 Å². The van der Waals surface area contributed by atoms with Crippen molar-refractivity contribution in [3.05, 3.63) is 121 Å². The van der Waals surface area contributed by atoms with Crippen LogP contribution in [0.1, 0.15) is 54.9 Å². The second kappa shape index (κ2) is 32.2. The molecular weight excluding hydrogens is 618 g/mol.